The molecule has 1 aliphatic carbocycles. The predicted octanol–water partition coefficient (Wildman–Crippen LogP) is 1.62. The Kier molecular flexibility index (Phi) is 3.49. The van der Waals surface area contributed by atoms with Gasteiger partial charge in [0.05, 0.1) is 17.2 Å². The fourth-order valence-electron chi connectivity index (χ4n) is 2.62. The van der Waals surface area contributed by atoms with Crippen molar-refractivity contribution in [1.82, 2.24) is 14.9 Å². The van der Waals surface area contributed by atoms with Crippen LogP contribution >= 0.6 is 0 Å². The van der Waals surface area contributed by atoms with Crippen molar-refractivity contribution in [3.63, 3.8) is 0 Å². The zero-order valence-electron chi connectivity index (χ0n) is 12.3. The molecule has 21 heavy (non-hydrogen) atoms. The summed E-state index contributed by atoms with van der Waals surface area (Å²) in [4.78, 5) is 28.7. The van der Waals surface area contributed by atoms with E-state index in [4.69, 9.17) is 0 Å². The van der Waals surface area contributed by atoms with Crippen molar-refractivity contribution in [2.24, 2.45) is 5.92 Å². The molecule has 1 atom stereocenters. The first-order chi connectivity index (χ1) is 10.1. The van der Waals surface area contributed by atoms with Gasteiger partial charge in [-0.15, -0.1) is 0 Å². The lowest BCUT2D eigenvalue weighted by molar-refractivity contribution is -0.122. The summed E-state index contributed by atoms with van der Waals surface area (Å²) in [6.45, 7) is 3.95. The monoisotopic (exact) mass is 285 g/mol. The molecule has 0 bridgehead atoms. The van der Waals surface area contributed by atoms with Crippen LogP contribution in [-0.4, -0.2) is 21.5 Å². The van der Waals surface area contributed by atoms with Crippen molar-refractivity contribution in [3.8, 4) is 0 Å². The lowest BCUT2D eigenvalue weighted by atomic mass is 10.1. The summed E-state index contributed by atoms with van der Waals surface area (Å²) < 4.78 is 1.37. The van der Waals surface area contributed by atoms with Crippen molar-refractivity contribution in [3.05, 3.63) is 40.4 Å². The van der Waals surface area contributed by atoms with Gasteiger partial charge in [-0.2, -0.15) is 0 Å². The van der Waals surface area contributed by atoms with Crippen LogP contribution in [0.4, 0.5) is 0 Å². The van der Waals surface area contributed by atoms with Crippen molar-refractivity contribution in [2.45, 2.75) is 39.3 Å². The predicted molar refractivity (Wildman–Crippen MR) is 81.1 cm³/mol. The molecule has 1 N–H and O–H groups in total. The zero-order chi connectivity index (χ0) is 15.0. The Hall–Kier alpha value is -2.17. The summed E-state index contributed by atoms with van der Waals surface area (Å²) in [6, 6.07) is 5.69. The van der Waals surface area contributed by atoms with E-state index >= 15 is 0 Å². The molecule has 1 saturated carbocycles. The van der Waals surface area contributed by atoms with Gasteiger partial charge in [-0.25, -0.2) is 4.98 Å². The van der Waals surface area contributed by atoms with Crippen LogP contribution in [0.25, 0.3) is 10.9 Å². The number of benzene rings is 1. The second kappa shape index (κ2) is 5.31. The van der Waals surface area contributed by atoms with Gasteiger partial charge >= 0.3 is 0 Å². The molecular formula is C16H19N3O2. The summed E-state index contributed by atoms with van der Waals surface area (Å²) in [7, 11) is 0. The molecule has 5 heteroatoms. The second-order valence-electron chi connectivity index (χ2n) is 5.84. The zero-order valence-corrected chi connectivity index (χ0v) is 12.3. The van der Waals surface area contributed by atoms with Gasteiger partial charge in [0, 0.05) is 6.04 Å². The number of hydrogen-bond acceptors (Lipinski definition) is 3. The maximum absolute atomic E-state index is 12.4. The molecule has 0 radical (unpaired) electrons. The van der Waals surface area contributed by atoms with Crippen LogP contribution in [0.3, 0.4) is 0 Å². The van der Waals surface area contributed by atoms with Gasteiger partial charge < -0.3 is 5.32 Å². The van der Waals surface area contributed by atoms with E-state index in [-0.39, 0.29) is 24.1 Å². The number of fused-ring (bicyclic) bond motifs is 1. The molecule has 1 fully saturated rings. The maximum Gasteiger partial charge on any atom is 0.261 e. The molecule has 3 rings (SSSR count). The minimum absolute atomic E-state index is 0.0206. The lowest BCUT2D eigenvalue weighted by Crippen LogP contribution is -2.38. The van der Waals surface area contributed by atoms with E-state index in [1.807, 2.05) is 26.0 Å². The molecule has 1 amide bonds. The third-order valence-corrected chi connectivity index (χ3v) is 4.09. The number of aryl methyl sites for hydroxylation is 1. The van der Waals surface area contributed by atoms with Gasteiger partial charge in [-0.3, -0.25) is 14.2 Å². The highest BCUT2D eigenvalue weighted by atomic mass is 16.2. The van der Waals surface area contributed by atoms with E-state index in [2.05, 4.69) is 10.3 Å². The SMILES string of the molecule is Cc1cccc2c(=O)n(CC(=O)NC(C)C3CC3)cnc12. The molecule has 1 aromatic heterocycles. The Bertz CT molecular complexity index is 747. The molecule has 5 nitrogen and oxygen atoms in total. The van der Waals surface area contributed by atoms with Gasteiger partial charge in [0.1, 0.15) is 6.54 Å². The van der Waals surface area contributed by atoms with Crippen LogP contribution in [0.1, 0.15) is 25.3 Å². The van der Waals surface area contributed by atoms with E-state index in [9.17, 15) is 9.59 Å². The summed E-state index contributed by atoms with van der Waals surface area (Å²) in [5, 5.41) is 3.51. The van der Waals surface area contributed by atoms with E-state index in [0.717, 1.165) is 5.56 Å². The fourth-order valence-corrected chi connectivity index (χ4v) is 2.62. The van der Waals surface area contributed by atoms with E-state index in [1.54, 1.807) is 6.07 Å². The Balaban J connectivity index is 1.82. The average Bonchev–Trinajstić information content (AvgIpc) is 3.27. The number of nitrogens with one attached hydrogen (secondary N) is 1. The molecule has 1 aliphatic rings. The van der Waals surface area contributed by atoms with Gasteiger partial charge in [0.2, 0.25) is 5.91 Å². The standard InChI is InChI=1S/C16H19N3O2/c1-10-4-3-5-13-15(10)17-9-19(16(13)21)8-14(20)18-11(2)12-6-7-12/h3-5,9,11-12H,6-8H2,1-2H3,(H,18,20). The third-order valence-electron chi connectivity index (χ3n) is 4.09. The first kappa shape index (κ1) is 13.8. The highest BCUT2D eigenvalue weighted by Crippen LogP contribution is 2.32. The quantitative estimate of drug-likeness (QED) is 0.928. The number of carbonyl (C=O) groups is 1. The Labute approximate surface area is 123 Å². The third kappa shape index (κ3) is 2.82. The molecule has 0 aliphatic heterocycles. The van der Waals surface area contributed by atoms with Crippen molar-refractivity contribution < 1.29 is 4.79 Å². The van der Waals surface area contributed by atoms with Crippen LogP contribution in [-0.2, 0) is 11.3 Å². The first-order valence-electron chi connectivity index (χ1n) is 7.30. The van der Waals surface area contributed by atoms with Crippen LogP contribution in [0, 0.1) is 12.8 Å². The smallest absolute Gasteiger partial charge is 0.261 e. The van der Waals surface area contributed by atoms with E-state index in [0.29, 0.717) is 16.8 Å². The average molecular weight is 285 g/mol. The number of para-hydroxylation sites is 1. The number of carbonyl (C=O) groups excluding carboxylic acids is 1. The highest BCUT2D eigenvalue weighted by Gasteiger charge is 2.28. The topological polar surface area (TPSA) is 64.0 Å². The maximum atomic E-state index is 12.4. The number of nitrogens with zero attached hydrogens (tertiary/aromatic N) is 2. The molecule has 2 aromatic rings. The van der Waals surface area contributed by atoms with Crippen molar-refractivity contribution in [2.75, 3.05) is 0 Å². The number of aromatic nitrogens is 2. The first-order valence-corrected chi connectivity index (χ1v) is 7.30. The number of rotatable bonds is 4. The van der Waals surface area contributed by atoms with Crippen LogP contribution in [0.15, 0.2) is 29.3 Å². The van der Waals surface area contributed by atoms with E-state index < -0.39 is 0 Å². The van der Waals surface area contributed by atoms with Gasteiger partial charge in [-0.05, 0) is 44.2 Å². The van der Waals surface area contributed by atoms with Gasteiger partial charge in [-0.1, -0.05) is 12.1 Å². The normalized spacial score (nSPS) is 15.9. The Morgan fingerprint density at radius 1 is 1.48 bits per heavy atom. The van der Waals surface area contributed by atoms with E-state index in [1.165, 1.54) is 23.7 Å². The van der Waals surface area contributed by atoms with Gasteiger partial charge in [0.25, 0.3) is 5.56 Å². The largest absolute Gasteiger partial charge is 0.352 e. The summed E-state index contributed by atoms with van der Waals surface area (Å²) in [6.07, 6.45) is 3.81. The number of hydrogen-bond donors (Lipinski definition) is 1. The molecular weight excluding hydrogens is 266 g/mol. The molecule has 1 unspecified atom stereocenters. The summed E-state index contributed by atoms with van der Waals surface area (Å²) in [5.41, 5.74) is 1.49. The summed E-state index contributed by atoms with van der Waals surface area (Å²) >= 11 is 0. The van der Waals surface area contributed by atoms with Crippen LogP contribution < -0.4 is 10.9 Å². The summed E-state index contributed by atoms with van der Waals surface area (Å²) in [5.74, 6) is 0.466. The Morgan fingerprint density at radius 3 is 2.95 bits per heavy atom. The molecule has 0 saturated heterocycles. The van der Waals surface area contributed by atoms with Crippen molar-refractivity contribution in [1.29, 1.82) is 0 Å². The fraction of sp³-hybridized carbons (Fsp3) is 0.438. The number of amides is 1. The molecule has 1 heterocycles. The van der Waals surface area contributed by atoms with Crippen molar-refractivity contribution >= 4 is 16.8 Å². The Morgan fingerprint density at radius 2 is 2.24 bits per heavy atom. The molecule has 1 aromatic carbocycles. The lowest BCUT2D eigenvalue weighted by Gasteiger charge is -2.13. The van der Waals surface area contributed by atoms with Gasteiger partial charge in [0.15, 0.2) is 0 Å². The van der Waals surface area contributed by atoms with Crippen LogP contribution in [0.5, 0.6) is 0 Å². The van der Waals surface area contributed by atoms with Crippen LogP contribution in [0.2, 0.25) is 0 Å². The molecule has 110 valence electrons. The minimum atomic E-state index is -0.169. The highest BCUT2D eigenvalue weighted by molar-refractivity contribution is 5.81. The minimum Gasteiger partial charge on any atom is -0.352 e. The second-order valence-corrected chi connectivity index (χ2v) is 5.84. The molecule has 0 spiro atoms.